The Hall–Kier alpha value is -1.07. The Morgan fingerprint density at radius 2 is 1.94 bits per heavy atom. The van der Waals surface area contributed by atoms with Crippen LogP contribution in [-0.4, -0.2) is 60.5 Å². The first-order valence-electron chi connectivity index (χ1n) is 5.58. The van der Waals surface area contributed by atoms with Crippen molar-refractivity contribution in [2.45, 2.75) is 6.92 Å². The topological polar surface area (TPSA) is 63.4 Å². The molecule has 1 saturated heterocycles. The Labute approximate surface area is 108 Å². The Balaban J connectivity index is 0.00000256. The molecule has 1 aliphatic rings. The van der Waals surface area contributed by atoms with Gasteiger partial charge in [0.2, 0.25) is 5.91 Å². The predicted molar refractivity (Wildman–Crippen MR) is 61.4 cm³/mol. The van der Waals surface area contributed by atoms with Crippen molar-refractivity contribution < 1.29 is 26.5 Å². The molecule has 1 aliphatic heterocycles. The van der Waals surface area contributed by atoms with Gasteiger partial charge in [-0.1, -0.05) is 6.58 Å². The van der Waals surface area contributed by atoms with Gasteiger partial charge >= 0.3 is 0 Å². The van der Waals surface area contributed by atoms with Gasteiger partial charge in [-0.2, -0.15) is 0 Å². The number of nitrogens with two attached hydrogens (primary N) is 1. The highest BCUT2D eigenvalue weighted by molar-refractivity contribution is 5.87. The van der Waals surface area contributed by atoms with Gasteiger partial charge in [-0.05, 0) is 13.0 Å². The third kappa shape index (κ3) is 4.02. The van der Waals surface area contributed by atoms with Crippen LogP contribution < -0.4 is 18.1 Å². The lowest BCUT2D eigenvalue weighted by atomic mass is 10.2. The van der Waals surface area contributed by atoms with E-state index < -0.39 is 0 Å². The molecular weight excluding hydrogens is 242 g/mol. The van der Waals surface area contributed by atoms with Gasteiger partial charge in [0.25, 0.3) is 5.91 Å². The van der Waals surface area contributed by atoms with Crippen LogP contribution in [0.25, 0.3) is 0 Å². The highest BCUT2D eigenvalue weighted by Crippen LogP contribution is 2.12. The van der Waals surface area contributed by atoms with E-state index in [0.29, 0.717) is 24.1 Å². The number of carbonyl (C=O) groups is 2. The third-order valence-electron chi connectivity index (χ3n) is 3.34. The Morgan fingerprint density at radius 1 is 1.41 bits per heavy atom. The number of likely N-dealkylation sites (N-methyl/N-ethyl adjacent to an activating group) is 1. The summed E-state index contributed by atoms with van der Waals surface area (Å²) in [6.07, 6.45) is 1.33. The standard InChI is InChI=1S/C11H19N3O2.ClH/c1-3-11(16)13-5-7-14(4-2,8-6-13)9-10(12)15;/h3H,1,4-9H2,2H3,(H-,12,15);1H. The largest absolute Gasteiger partial charge is 1.00 e. The molecule has 0 aromatic carbocycles. The molecule has 0 atom stereocenters. The van der Waals surface area contributed by atoms with Crippen LogP contribution in [0, 0.1) is 0 Å². The molecule has 5 nitrogen and oxygen atoms in total. The minimum atomic E-state index is -0.273. The first-order chi connectivity index (χ1) is 7.53. The molecule has 0 aromatic rings. The number of rotatable bonds is 4. The maximum atomic E-state index is 11.4. The van der Waals surface area contributed by atoms with Crippen LogP contribution in [0.1, 0.15) is 6.92 Å². The third-order valence-corrected chi connectivity index (χ3v) is 3.34. The average molecular weight is 262 g/mol. The quantitative estimate of drug-likeness (QED) is 0.419. The minimum Gasteiger partial charge on any atom is -1.00 e. The van der Waals surface area contributed by atoms with Gasteiger partial charge in [0.1, 0.15) is 0 Å². The Bertz CT molecular complexity index is 299. The fourth-order valence-electron chi connectivity index (χ4n) is 2.16. The van der Waals surface area contributed by atoms with Gasteiger partial charge < -0.3 is 27.5 Å². The van der Waals surface area contributed by atoms with E-state index in [2.05, 4.69) is 6.58 Å². The van der Waals surface area contributed by atoms with Gasteiger partial charge in [-0.3, -0.25) is 9.59 Å². The van der Waals surface area contributed by atoms with Crippen molar-refractivity contribution in [3.63, 3.8) is 0 Å². The smallest absolute Gasteiger partial charge is 0.272 e. The minimum absolute atomic E-state index is 0. The fraction of sp³-hybridized carbons (Fsp3) is 0.636. The van der Waals surface area contributed by atoms with Gasteiger partial charge in [-0.15, -0.1) is 0 Å². The van der Waals surface area contributed by atoms with Crippen molar-refractivity contribution in [1.82, 2.24) is 4.90 Å². The zero-order valence-electron chi connectivity index (χ0n) is 10.2. The maximum Gasteiger partial charge on any atom is 0.272 e. The van der Waals surface area contributed by atoms with E-state index in [4.69, 9.17) is 5.73 Å². The molecule has 0 radical (unpaired) electrons. The molecule has 17 heavy (non-hydrogen) atoms. The highest BCUT2D eigenvalue weighted by Gasteiger charge is 2.33. The summed E-state index contributed by atoms with van der Waals surface area (Å²) in [5.41, 5.74) is 5.25. The summed E-state index contributed by atoms with van der Waals surface area (Å²) in [5, 5.41) is 0. The number of carbonyl (C=O) groups excluding carboxylic acids is 2. The Morgan fingerprint density at radius 3 is 2.29 bits per heavy atom. The summed E-state index contributed by atoms with van der Waals surface area (Å²) in [4.78, 5) is 24.2. The predicted octanol–water partition coefficient (Wildman–Crippen LogP) is -3.66. The van der Waals surface area contributed by atoms with Gasteiger partial charge in [0.15, 0.2) is 6.54 Å². The monoisotopic (exact) mass is 261 g/mol. The summed E-state index contributed by atoms with van der Waals surface area (Å²) in [5.74, 6) is -0.307. The van der Waals surface area contributed by atoms with Crippen LogP contribution >= 0.6 is 0 Å². The molecule has 1 heterocycles. The number of quaternary nitrogens is 1. The number of halogens is 1. The Kier molecular flexibility index (Phi) is 6.20. The zero-order valence-corrected chi connectivity index (χ0v) is 10.9. The number of nitrogens with zero attached hydrogens (tertiary/aromatic N) is 2. The fourth-order valence-corrected chi connectivity index (χ4v) is 2.16. The summed E-state index contributed by atoms with van der Waals surface area (Å²) >= 11 is 0. The van der Waals surface area contributed by atoms with Crippen LogP contribution in [0.2, 0.25) is 0 Å². The van der Waals surface area contributed by atoms with E-state index in [9.17, 15) is 9.59 Å². The number of piperazine rings is 1. The van der Waals surface area contributed by atoms with E-state index >= 15 is 0 Å². The van der Waals surface area contributed by atoms with Crippen molar-refractivity contribution >= 4 is 11.8 Å². The SMILES string of the molecule is C=CC(=O)N1CC[N+](CC)(CC(N)=O)CC1.[Cl-]. The lowest BCUT2D eigenvalue weighted by Crippen LogP contribution is -3.00. The lowest BCUT2D eigenvalue weighted by molar-refractivity contribution is -0.922. The van der Waals surface area contributed by atoms with Crippen molar-refractivity contribution in [2.75, 3.05) is 39.3 Å². The molecule has 0 saturated carbocycles. The first kappa shape index (κ1) is 15.9. The molecule has 0 spiro atoms. The maximum absolute atomic E-state index is 11.4. The van der Waals surface area contributed by atoms with Crippen LogP contribution in [0.15, 0.2) is 12.7 Å². The highest BCUT2D eigenvalue weighted by atomic mass is 35.5. The molecule has 2 amide bonds. The van der Waals surface area contributed by atoms with Crippen molar-refractivity contribution in [2.24, 2.45) is 5.73 Å². The normalized spacial score (nSPS) is 18.1. The van der Waals surface area contributed by atoms with Gasteiger partial charge in [0.05, 0.1) is 32.7 Å². The summed E-state index contributed by atoms with van der Waals surface area (Å²) in [7, 11) is 0. The van der Waals surface area contributed by atoms with E-state index in [1.807, 2.05) is 6.92 Å². The van der Waals surface area contributed by atoms with E-state index in [1.54, 1.807) is 4.90 Å². The molecule has 0 bridgehead atoms. The van der Waals surface area contributed by atoms with Crippen LogP contribution in [0.5, 0.6) is 0 Å². The second-order valence-corrected chi connectivity index (χ2v) is 4.26. The van der Waals surface area contributed by atoms with Crippen molar-refractivity contribution in [1.29, 1.82) is 0 Å². The van der Waals surface area contributed by atoms with Crippen LogP contribution in [0.4, 0.5) is 0 Å². The molecule has 1 fully saturated rings. The number of hydrogen-bond donors (Lipinski definition) is 1. The summed E-state index contributed by atoms with van der Waals surface area (Å²) < 4.78 is 0.691. The molecule has 0 unspecified atom stereocenters. The molecule has 1 rings (SSSR count). The van der Waals surface area contributed by atoms with E-state index in [0.717, 1.165) is 19.6 Å². The van der Waals surface area contributed by atoms with Gasteiger partial charge in [0, 0.05) is 0 Å². The van der Waals surface area contributed by atoms with Crippen molar-refractivity contribution in [3.05, 3.63) is 12.7 Å². The first-order valence-corrected chi connectivity index (χ1v) is 5.58. The average Bonchev–Trinajstić information content (AvgIpc) is 2.28. The van der Waals surface area contributed by atoms with Crippen LogP contribution in [-0.2, 0) is 9.59 Å². The zero-order chi connectivity index (χ0) is 12.2. The lowest BCUT2D eigenvalue weighted by Gasteiger charge is -2.43. The summed E-state index contributed by atoms with van der Waals surface area (Å²) in [6, 6.07) is 0. The number of hydrogen-bond acceptors (Lipinski definition) is 2. The molecule has 0 aliphatic carbocycles. The second-order valence-electron chi connectivity index (χ2n) is 4.26. The molecule has 6 heteroatoms. The van der Waals surface area contributed by atoms with Crippen LogP contribution in [0.3, 0.4) is 0 Å². The number of amides is 2. The molecular formula is C11H20ClN3O2. The second kappa shape index (κ2) is 6.61. The van der Waals surface area contributed by atoms with E-state index in [-0.39, 0.29) is 24.2 Å². The van der Waals surface area contributed by atoms with Gasteiger partial charge in [-0.25, -0.2) is 0 Å². The number of primary amides is 1. The molecule has 98 valence electrons. The summed E-state index contributed by atoms with van der Waals surface area (Å²) in [6.45, 7) is 9.69. The van der Waals surface area contributed by atoms with Crippen molar-refractivity contribution in [3.8, 4) is 0 Å². The van der Waals surface area contributed by atoms with E-state index in [1.165, 1.54) is 6.08 Å². The molecule has 0 aromatic heterocycles. The molecule has 2 N–H and O–H groups in total.